The maximum atomic E-state index is 13.4. The molecule has 0 aliphatic carbocycles. The lowest BCUT2D eigenvalue weighted by Crippen LogP contribution is -2.14. The van der Waals surface area contributed by atoms with Crippen molar-refractivity contribution in [3.8, 4) is 5.75 Å². The molecule has 0 amide bonds. The molecule has 16 heavy (non-hydrogen) atoms. The normalized spacial score (nSPS) is 12.3. The van der Waals surface area contributed by atoms with E-state index in [4.69, 9.17) is 21.4 Å². The molecule has 0 spiro atoms. The van der Waals surface area contributed by atoms with E-state index >= 15 is 0 Å². The molecule has 0 bridgehead atoms. The molecule has 0 saturated heterocycles. The van der Waals surface area contributed by atoms with Crippen LogP contribution in [0.1, 0.15) is 17.2 Å². The first-order chi connectivity index (χ1) is 7.40. The molecule has 2 N–H and O–H groups in total. The van der Waals surface area contributed by atoms with Gasteiger partial charge < -0.3 is 14.9 Å². The highest BCUT2D eigenvalue weighted by Crippen LogP contribution is 2.35. The molecule has 0 aliphatic rings. The number of methoxy groups -OCH3 is 1. The van der Waals surface area contributed by atoms with E-state index in [1.807, 2.05) is 0 Å². The molecule has 1 rings (SSSR count). The van der Waals surface area contributed by atoms with Gasteiger partial charge in [-0.05, 0) is 18.6 Å². The molecular formula is C10H10ClFO4. The summed E-state index contributed by atoms with van der Waals surface area (Å²) in [5.41, 5.74) is 0.106. The predicted octanol–water partition coefficient (Wildman–Crippen LogP) is 1.91. The molecule has 0 aliphatic heterocycles. The number of carbonyl (C=O) groups is 1. The van der Waals surface area contributed by atoms with Gasteiger partial charge in [0.2, 0.25) is 0 Å². The van der Waals surface area contributed by atoms with E-state index in [0.29, 0.717) is 0 Å². The third kappa shape index (κ3) is 2.10. The third-order valence-electron chi connectivity index (χ3n) is 2.19. The van der Waals surface area contributed by atoms with Crippen molar-refractivity contribution in [1.82, 2.24) is 0 Å². The van der Waals surface area contributed by atoms with Crippen LogP contribution in [0.4, 0.5) is 4.39 Å². The van der Waals surface area contributed by atoms with E-state index in [0.717, 1.165) is 6.07 Å². The zero-order valence-corrected chi connectivity index (χ0v) is 9.38. The Bertz CT molecular complexity index is 433. The Morgan fingerprint density at radius 3 is 2.62 bits per heavy atom. The Hall–Kier alpha value is -1.33. The van der Waals surface area contributed by atoms with Crippen LogP contribution in [0.2, 0.25) is 5.02 Å². The first-order valence-electron chi connectivity index (χ1n) is 4.33. The van der Waals surface area contributed by atoms with Gasteiger partial charge in [0.05, 0.1) is 7.11 Å². The van der Waals surface area contributed by atoms with Gasteiger partial charge >= 0.3 is 5.97 Å². The molecule has 88 valence electrons. The van der Waals surface area contributed by atoms with Gasteiger partial charge in [0.1, 0.15) is 0 Å². The Morgan fingerprint density at radius 2 is 2.19 bits per heavy atom. The highest BCUT2D eigenvalue weighted by atomic mass is 35.5. The Labute approximate surface area is 96.2 Å². The van der Waals surface area contributed by atoms with Gasteiger partial charge in [-0.15, -0.1) is 0 Å². The summed E-state index contributed by atoms with van der Waals surface area (Å²) in [6.45, 7) is 1.48. The molecule has 1 atom stereocenters. The lowest BCUT2D eigenvalue weighted by Gasteiger charge is -2.16. The van der Waals surface area contributed by atoms with E-state index in [1.54, 1.807) is 0 Å². The van der Waals surface area contributed by atoms with Crippen LogP contribution in [0, 0.1) is 12.7 Å². The summed E-state index contributed by atoms with van der Waals surface area (Å²) >= 11 is 5.70. The number of hydrogen-bond acceptors (Lipinski definition) is 3. The number of rotatable bonds is 3. The fraction of sp³-hybridized carbons (Fsp3) is 0.300. The summed E-state index contributed by atoms with van der Waals surface area (Å²) < 4.78 is 18.1. The van der Waals surface area contributed by atoms with Crippen molar-refractivity contribution < 1.29 is 24.1 Å². The highest BCUT2D eigenvalue weighted by molar-refractivity contribution is 6.31. The SMILES string of the molecule is COc1c(F)cc(Cl)c(C)c1C(O)C(=O)O. The van der Waals surface area contributed by atoms with Gasteiger partial charge in [-0.3, -0.25) is 0 Å². The number of halogens is 2. The van der Waals surface area contributed by atoms with Gasteiger partial charge in [-0.1, -0.05) is 11.6 Å². The minimum Gasteiger partial charge on any atom is -0.493 e. The number of aliphatic hydroxyl groups excluding tert-OH is 1. The first-order valence-corrected chi connectivity index (χ1v) is 4.71. The molecule has 1 unspecified atom stereocenters. The third-order valence-corrected chi connectivity index (χ3v) is 2.58. The molecule has 0 saturated carbocycles. The van der Waals surface area contributed by atoms with Crippen LogP contribution < -0.4 is 4.74 Å². The van der Waals surface area contributed by atoms with Crippen LogP contribution in [0.15, 0.2) is 6.07 Å². The maximum absolute atomic E-state index is 13.4. The minimum absolute atomic E-state index is 0.0357. The smallest absolute Gasteiger partial charge is 0.337 e. The van der Waals surface area contributed by atoms with Crippen LogP contribution >= 0.6 is 11.6 Å². The van der Waals surface area contributed by atoms with Gasteiger partial charge in [-0.2, -0.15) is 0 Å². The second-order valence-electron chi connectivity index (χ2n) is 3.15. The number of carboxylic acid groups (broad SMARTS) is 1. The lowest BCUT2D eigenvalue weighted by atomic mass is 10.0. The van der Waals surface area contributed by atoms with E-state index in [9.17, 15) is 14.3 Å². The van der Waals surface area contributed by atoms with Crippen molar-refractivity contribution in [2.24, 2.45) is 0 Å². The molecule has 0 fully saturated rings. The van der Waals surface area contributed by atoms with Crippen LogP contribution in [0.3, 0.4) is 0 Å². The van der Waals surface area contributed by atoms with Crippen molar-refractivity contribution in [3.05, 3.63) is 28.0 Å². The topological polar surface area (TPSA) is 66.8 Å². The van der Waals surface area contributed by atoms with Gasteiger partial charge in [0, 0.05) is 10.6 Å². The summed E-state index contributed by atoms with van der Waals surface area (Å²) in [5, 5.41) is 18.2. The number of ether oxygens (including phenoxy) is 1. The van der Waals surface area contributed by atoms with Crippen LogP contribution in [-0.2, 0) is 4.79 Å². The van der Waals surface area contributed by atoms with Crippen LogP contribution in [-0.4, -0.2) is 23.3 Å². The Balaban J connectivity index is 3.50. The second-order valence-corrected chi connectivity index (χ2v) is 3.56. The molecule has 0 aromatic heterocycles. The van der Waals surface area contributed by atoms with Gasteiger partial charge in [-0.25, -0.2) is 9.18 Å². The van der Waals surface area contributed by atoms with Crippen molar-refractivity contribution in [1.29, 1.82) is 0 Å². The first kappa shape index (κ1) is 12.7. The van der Waals surface area contributed by atoms with Crippen molar-refractivity contribution in [2.75, 3.05) is 7.11 Å². The zero-order chi connectivity index (χ0) is 12.5. The minimum atomic E-state index is -1.87. The van der Waals surface area contributed by atoms with Crippen molar-refractivity contribution in [2.45, 2.75) is 13.0 Å². The molecule has 6 heteroatoms. The highest BCUT2D eigenvalue weighted by Gasteiger charge is 2.26. The van der Waals surface area contributed by atoms with Gasteiger partial charge in [0.15, 0.2) is 17.7 Å². The molecule has 1 aromatic rings. The monoisotopic (exact) mass is 248 g/mol. The summed E-state index contributed by atoms with van der Waals surface area (Å²) in [6, 6.07) is 1.01. The van der Waals surface area contributed by atoms with E-state index < -0.39 is 17.9 Å². The summed E-state index contributed by atoms with van der Waals surface area (Å²) in [7, 11) is 1.18. The van der Waals surface area contributed by atoms with Crippen LogP contribution in [0.5, 0.6) is 5.75 Å². The number of benzene rings is 1. The fourth-order valence-electron chi connectivity index (χ4n) is 1.37. The maximum Gasteiger partial charge on any atom is 0.337 e. The Kier molecular flexibility index (Phi) is 3.72. The zero-order valence-electron chi connectivity index (χ0n) is 8.62. The van der Waals surface area contributed by atoms with Crippen molar-refractivity contribution >= 4 is 17.6 Å². The Morgan fingerprint density at radius 1 is 1.62 bits per heavy atom. The van der Waals surface area contributed by atoms with E-state index in [-0.39, 0.29) is 21.9 Å². The van der Waals surface area contributed by atoms with E-state index in [2.05, 4.69) is 0 Å². The molecule has 4 nitrogen and oxygen atoms in total. The average molecular weight is 249 g/mol. The molecule has 0 heterocycles. The second kappa shape index (κ2) is 4.67. The predicted molar refractivity (Wildman–Crippen MR) is 55.3 cm³/mol. The number of carboxylic acids is 1. The molecule has 0 radical (unpaired) electrons. The lowest BCUT2D eigenvalue weighted by molar-refractivity contribution is -0.147. The number of aliphatic carboxylic acids is 1. The summed E-state index contributed by atoms with van der Waals surface area (Å²) in [6.07, 6.45) is -1.87. The largest absolute Gasteiger partial charge is 0.493 e. The molecular weight excluding hydrogens is 239 g/mol. The van der Waals surface area contributed by atoms with Gasteiger partial charge in [0.25, 0.3) is 0 Å². The average Bonchev–Trinajstić information content (AvgIpc) is 2.21. The fourth-order valence-corrected chi connectivity index (χ4v) is 1.57. The summed E-state index contributed by atoms with van der Waals surface area (Å²) in [5.74, 6) is -2.62. The van der Waals surface area contributed by atoms with Crippen LogP contribution in [0.25, 0.3) is 0 Å². The molecule has 1 aromatic carbocycles. The summed E-state index contributed by atoms with van der Waals surface area (Å²) in [4.78, 5) is 10.7. The number of hydrogen-bond donors (Lipinski definition) is 2. The number of aliphatic hydroxyl groups is 1. The quantitative estimate of drug-likeness (QED) is 0.858. The standard InChI is InChI=1S/C10H10ClFO4/c1-4-5(11)3-6(12)9(16-2)7(4)8(13)10(14)15/h3,8,13H,1-2H3,(H,14,15). The van der Waals surface area contributed by atoms with Crippen molar-refractivity contribution in [3.63, 3.8) is 0 Å². The van der Waals surface area contributed by atoms with E-state index in [1.165, 1.54) is 14.0 Å².